The van der Waals surface area contributed by atoms with Gasteiger partial charge in [-0.15, -0.1) is 0 Å². The van der Waals surface area contributed by atoms with Gasteiger partial charge in [-0.2, -0.15) is 4.39 Å². The zero-order chi connectivity index (χ0) is 19.1. The summed E-state index contributed by atoms with van der Waals surface area (Å²) in [5.41, 5.74) is 5.94. The molecule has 27 heavy (non-hydrogen) atoms. The summed E-state index contributed by atoms with van der Waals surface area (Å²) in [6.45, 7) is 0. The highest BCUT2D eigenvalue weighted by molar-refractivity contribution is 6.16. The van der Waals surface area contributed by atoms with Crippen molar-refractivity contribution in [2.24, 2.45) is 0 Å². The van der Waals surface area contributed by atoms with Gasteiger partial charge in [0.2, 0.25) is 11.7 Å². The zero-order valence-corrected chi connectivity index (χ0v) is 13.6. The molecule has 0 atom stereocenters. The number of ketones is 1. The van der Waals surface area contributed by atoms with Gasteiger partial charge in [-0.1, -0.05) is 0 Å². The number of carbonyl (C=O) groups is 1. The van der Waals surface area contributed by atoms with Gasteiger partial charge in [-0.05, 0) is 30.3 Å². The van der Waals surface area contributed by atoms with E-state index in [-0.39, 0.29) is 11.3 Å². The van der Waals surface area contributed by atoms with E-state index in [0.717, 1.165) is 12.1 Å². The topological polar surface area (TPSA) is 84.7 Å². The Morgan fingerprint density at radius 3 is 2.52 bits per heavy atom. The Morgan fingerprint density at radius 2 is 1.78 bits per heavy atom. The smallest absolute Gasteiger partial charge is 0.212 e. The number of benzene rings is 1. The molecule has 4 aromatic rings. The molecule has 5 nitrogen and oxygen atoms in total. The van der Waals surface area contributed by atoms with Gasteiger partial charge in [0.15, 0.2) is 5.82 Å². The summed E-state index contributed by atoms with van der Waals surface area (Å²) in [5, 5.41) is 0.364. The minimum atomic E-state index is -1.11. The van der Waals surface area contributed by atoms with Gasteiger partial charge in [-0.3, -0.25) is 4.79 Å². The van der Waals surface area contributed by atoms with Crippen LogP contribution in [0.2, 0.25) is 0 Å². The summed E-state index contributed by atoms with van der Waals surface area (Å²) in [4.78, 5) is 23.3. The molecule has 0 aliphatic rings. The number of nitrogens with two attached hydrogens (primary N) is 1. The number of nitrogens with zero attached hydrogens (tertiary/aromatic N) is 2. The number of fused-ring (bicyclic) bond motifs is 1. The van der Waals surface area contributed by atoms with E-state index >= 15 is 0 Å². The predicted molar refractivity (Wildman–Crippen MR) is 93.5 cm³/mol. The molecule has 134 valence electrons. The van der Waals surface area contributed by atoms with Crippen LogP contribution in [-0.4, -0.2) is 20.7 Å². The van der Waals surface area contributed by atoms with Crippen molar-refractivity contribution in [1.82, 2.24) is 15.0 Å². The van der Waals surface area contributed by atoms with Crippen LogP contribution in [0.4, 0.5) is 18.9 Å². The number of pyridine rings is 2. The van der Waals surface area contributed by atoms with Crippen LogP contribution in [0.5, 0.6) is 0 Å². The summed E-state index contributed by atoms with van der Waals surface area (Å²) in [5.74, 6) is -3.60. The van der Waals surface area contributed by atoms with Crippen molar-refractivity contribution in [2.45, 2.75) is 0 Å². The normalized spacial score (nSPS) is 11.1. The SMILES string of the molecule is Nc1ccc(F)c(C(=O)c2c[nH]c3ncc(-c4ccc(F)nc4)cc23)c1F. The molecule has 8 heteroatoms. The molecule has 0 radical (unpaired) electrons. The van der Waals surface area contributed by atoms with Gasteiger partial charge in [-0.25, -0.2) is 18.7 Å². The van der Waals surface area contributed by atoms with Crippen molar-refractivity contribution in [1.29, 1.82) is 0 Å². The number of H-pyrrole nitrogens is 1. The monoisotopic (exact) mass is 368 g/mol. The maximum atomic E-state index is 14.2. The first-order valence-corrected chi connectivity index (χ1v) is 7.83. The number of carbonyl (C=O) groups excluding carboxylic acids is 1. The van der Waals surface area contributed by atoms with E-state index in [1.807, 2.05) is 0 Å². The molecule has 1 aromatic carbocycles. The van der Waals surface area contributed by atoms with E-state index in [1.54, 1.807) is 6.07 Å². The van der Waals surface area contributed by atoms with Crippen LogP contribution in [0.15, 0.2) is 48.9 Å². The Bertz CT molecular complexity index is 1190. The van der Waals surface area contributed by atoms with Crippen LogP contribution in [0, 0.1) is 17.6 Å². The quantitative estimate of drug-likeness (QED) is 0.327. The molecule has 0 spiro atoms. The second-order valence-corrected chi connectivity index (χ2v) is 5.85. The Morgan fingerprint density at radius 1 is 1.00 bits per heavy atom. The first kappa shape index (κ1) is 16.8. The third-order valence-corrected chi connectivity index (χ3v) is 4.18. The summed E-state index contributed by atoms with van der Waals surface area (Å²) in [6, 6.07) is 6.31. The molecule has 0 unspecified atom stereocenters. The standard InChI is InChI=1S/C19H11F3N4O/c20-13-2-3-14(23)17(22)16(13)18(27)12-8-26-19-11(12)5-10(7-25-19)9-1-4-15(21)24-6-9/h1-8H,23H2,(H,25,26). The zero-order valence-electron chi connectivity index (χ0n) is 13.6. The number of nitrogens with one attached hydrogen (secondary N) is 1. The number of hydrogen-bond acceptors (Lipinski definition) is 4. The fourth-order valence-corrected chi connectivity index (χ4v) is 2.81. The summed E-state index contributed by atoms with van der Waals surface area (Å²) < 4.78 is 41.3. The molecular weight excluding hydrogens is 357 g/mol. The van der Waals surface area contributed by atoms with Crippen LogP contribution >= 0.6 is 0 Å². The number of aromatic nitrogens is 3. The molecule has 3 N–H and O–H groups in total. The molecule has 0 bridgehead atoms. The van der Waals surface area contributed by atoms with Crippen LogP contribution in [0.3, 0.4) is 0 Å². The summed E-state index contributed by atoms with van der Waals surface area (Å²) in [6.07, 6.45) is 4.17. The Kier molecular flexibility index (Phi) is 3.88. The Balaban J connectivity index is 1.86. The minimum absolute atomic E-state index is 0.0396. The molecule has 4 rings (SSSR count). The van der Waals surface area contributed by atoms with Crippen molar-refractivity contribution < 1.29 is 18.0 Å². The van der Waals surface area contributed by atoms with E-state index in [2.05, 4.69) is 15.0 Å². The molecule has 3 heterocycles. The average molecular weight is 368 g/mol. The van der Waals surface area contributed by atoms with Gasteiger partial charge >= 0.3 is 0 Å². The molecule has 0 fully saturated rings. The lowest BCUT2D eigenvalue weighted by Crippen LogP contribution is -2.09. The Hall–Kier alpha value is -3.68. The van der Waals surface area contributed by atoms with E-state index in [0.29, 0.717) is 22.2 Å². The first-order chi connectivity index (χ1) is 13.0. The van der Waals surface area contributed by atoms with Gasteiger partial charge in [0.25, 0.3) is 0 Å². The fraction of sp³-hybridized carbons (Fsp3) is 0. The highest BCUT2D eigenvalue weighted by atomic mass is 19.1. The molecule has 0 amide bonds. The molecule has 0 saturated heterocycles. The molecule has 3 aromatic heterocycles. The largest absolute Gasteiger partial charge is 0.396 e. The Labute approximate surface area is 150 Å². The maximum absolute atomic E-state index is 14.2. The van der Waals surface area contributed by atoms with Crippen molar-refractivity contribution >= 4 is 22.5 Å². The van der Waals surface area contributed by atoms with Crippen LogP contribution in [-0.2, 0) is 0 Å². The third kappa shape index (κ3) is 2.80. The molecular formula is C19H11F3N4O. The second-order valence-electron chi connectivity index (χ2n) is 5.85. The summed E-state index contributed by atoms with van der Waals surface area (Å²) >= 11 is 0. The lowest BCUT2D eigenvalue weighted by molar-refractivity contribution is 0.103. The van der Waals surface area contributed by atoms with Gasteiger partial charge in [0.1, 0.15) is 11.5 Å². The lowest BCUT2D eigenvalue weighted by atomic mass is 10.00. The number of nitrogen functional groups attached to an aromatic ring is 1. The van der Waals surface area contributed by atoms with E-state index in [9.17, 15) is 18.0 Å². The number of anilines is 1. The highest BCUT2D eigenvalue weighted by Crippen LogP contribution is 2.28. The molecule has 0 saturated carbocycles. The van der Waals surface area contributed by atoms with Gasteiger partial charge < -0.3 is 10.7 Å². The van der Waals surface area contributed by atoms with Crippen molar-refractivity contribution in [2.75, 3.05) is 5.73 Å². The highest BCUT2D eigenvalue weighted by Gasteiger charge is 2.23. The van der Waals surface area contributed by atoms with Crippen molar-refractivity contribution in [3.05, 3.63) is 77.6 Å². The van der Waals surface area contributed by atoms with Crippen molar-refractivity contribution in [3.8, 4) is 11.1 Å². The van der Waals surface area contributed by atoms with Crippen LogP contribution in [0.1, 0.15) is 15.9 Å². The van der Waals surface area contributed by atoms with Gasteiger partial charge in [0.05, 0.1) is 11.3 Å². The average Bonchev–Trinajstić information content (AvgIpc) is 3.09. The fourth-order valence-electron chi connectivity index (χ4n) is 2.81. The van der Waals surface area contributed by atoms with Gasteiger partial charge in [0, 0.05) is 40.7 Å². The van der Waals surface area contributed by atoms with Crippen molar-refractivity contribution in [3.63, 3.8) is 0 Å². The van der Waals surface area contributed by atoms with E-state index < -0.39 is 28.9 Å². The second kappa shape index (κ2) is 6.24. The lowest BCUT2D eigenvalue weighted by Gasteiger charge is -2.06. The number of aromatic amines is 1. The predicted octanol–water partition coefficient (Wildman–Crippen LogP) is 3.86. The van der Waals surface area contributed by atoms with E-state index in [1.165, 1.54) is 30.7 Å². The molecule has 0 aliphatic heterocycles. The van der Waals surface area contributed by atoms with Crippen LogP contribution in [0.25, 0.3) is 22.2 Å². The minimum Gasteiger partial charge on any atom is -0.396 e. The first-order valence-electron chi connectivity index (χ1n) is 7.83. The van der Waals surface area contributed by atoms with Crippen LogP contribution < -0.4 is 5.73 Å². The molecule has 0 aliphatic carbocycles. The third-order valence-electron chi connectivity index (χ3n) is 4.18. The maximum Gasteiger partial charge on any atom is 0.212 e. The van der Waals surface area contributed by atoms with E-state index in [4.69, 9.17) is 5.73 Å². The number of rotatable bonds is 3. The summed E-state index contributed by atoms with van der Waals surface area (Å²) in [7, 11) is 0. The number of halogens is 3. The number of hydrogen-bond donors (Lipinski definition) is 2.